The minimum atomic E-state index is 0.834. The Kier molecular flexibility index (Phi) is 3.84. The van der Waals surface area contributed by atoms with Crippen molar-refractivity contribution in [2.75, 3.05) is 5.32 Å². The maximum absolute atomic E-state index is 4.31. The van der Waals surface area contributed by atoms with Crippen molar-refractivity contribution in [3.8, 4) is 0 Å². The van der Waals surface area contributed by atoms with E-state index in [0.29, 0.717) is 0 Å². The van der Waals surface area contributed by atoms with Gasteiger partial charge in [-0.2, -0.15) is 0 Å². The van der Waals surface area contributed by atoms with Gasteiger partial charge in [0.05, 0.1) is 4.47 Å². The van der Waals surface area contributed by atoms with Crippen LogP contribution in [0, 0.1) is 13.8 Å². The number of benzene rings is 1. The lowest BCUT2D eigenvalue weighted by molar-refractivity contribution is 1.25. The average molecular weight is 356 g/mol. The molecule has 1 N–H and O–H groups in total. The summed E-state index contributed by atoms with van der Waals surface area (Å²) in [5, 5.41) is 3.29. The largest absolute Gasteiger partial charge is 0.339 e. The Labute approximate surface area is 118 Å². The molecule has 0 unspecified atom stereocenters. The fourth-order valence-corrected chi connectivity index (χ4v) is 2.15. The fourth-order valence-electron chi connectivity index (χ4n) is 1.43. The van der Waals surface area contributed by atoms with Crippen LogP contribution in [-0.4, -0.2) is 4.98 Å². The Morgan fingerprint density at radius 1 is 1.06 bits per heavy atom. The minimum absolute atomic E-state index is 0.834. The molecule has 0 aliphatic heterocycles. The highest BCUT2D eigenvalue weighted by Gasteiger charge is 2.05. The Morgan fingerprint density at radius 3 is 2.53 bits per heavy atom. The number of pyridine rings is 1. The molecule has 0 saturated heterocycles. The summed E-state index contributed by atoms with van der Waals surface area (Å²) in [5.41, 5.74) is 3.39. The first-order valence-corrected chi connectivity index (χ1v) is 6.81. The van der Waals surface area contributed by atoms with Gasteiger partial charge in [-0.1, -0.05) is 22.0 Å². The molecule has 1 aromatic heterocycles. The van der Waals surface area contributed by atoms with E-state index in [1.165, 1.54) is 5.56 Å². The number of halogens is 2. The molecule has 2 aromatic rings. The van der Waals surface area contributed by atoms with Gasteiger partial charge in [0.1, 0.15) is 5.82 Å². The van der Waals surface area contributed by atoms with Crippen molar-refractivity contribution in [3.63, 3.8) is 0 Å². The third kappa shape index (κ3) is 2.87. The van der Waals surface area contributed by atoms with Crippen molar-refractivity contribution in [2.24, 2.45) is 0 Å². The van der Waals surface area contributed by atoms with Crippen LogP contribution < -0.4 is 5.32 Å². The summed E-state index contributed by atoms with van der Waals surface area (Å²) >= 11 is 7.05. The van der Waals surface area contributed by atoms with E-state index in [1.807, 2.05) is 25.1 Å². The number of rotatable bonds is 2. The molecule has 0 aliphatic carbocycles. The van der Waals surface area contributed by atoms with Gasteiger partial charge in [0.2, 0.25) is 0 Å². The molecule has 2 rings (SSSR count). The zero-order valence-corrected chi connectivity index (χ0v) is 12.8. The van der Waals surface area contributed by atoms with Gasteiger partial charge in [0.15, 0.2) is 0 Å². The second-order valence-corrected chi connectivity index (χ2v) is 5.53. The molecule has 0 bridgehead atoms. The highest BCUT2D eigenvalue weighted by atomic mass is 79.9. The van der Waals surface area contributed by atoms with Crippen molar-refractivity contribution in [2.45, 2.75) is 13.8 Å². The van der Waals surface area contributed by atoms with Crippen LogP contribution in [0.2, 0.25) is 0 Å². The van der Waals surface area contributed by atoms with Gasteiger partial charge in [0.25, 0.3) is 0 Å². The van der Waals surface area contributed by atoms with Crippen LogP contribution in [0.3, 0.4) is 0 Å². The maximum atomic E-state index is 4.31. The summed E-state index contributed by atoms with van der Waals surface area (Å²) in [6, 6.07) is 8.12. The van der Waals surface area contributed by atoms with E-state index in [4.69, 9.17) is 0 Å². The van der Waals surface area contributed by atoms with Crippen LogP contribution in [0.1, 0.15) is 11.1 Å². The molecule has 1 heterocycles. The summed E-state index contributed by atoms with van der Waals surface area (Å²) in [4.78, 5) is 4.31. The third-order valence-electron chi connectivity index (χ3n) is 2.52. The summed E-state index contributed by atoms with van der Waals surface area (Å²) < 4.78 is 2.09. The van der Waals surface area contributed by atoms with Crippen molar-refractivity contribution in [3.05, 3.63) is 50.5 Å². The van der Waals surface area contributed by atoms with E-state index >= 15 is 0 Å². The van der Waals surface area contributed by atoms with E-state index in [9.17, 15) is 0 Å². The van der Waals surface area contributed by atoms with Crippen LogP contribution >= 0.6 is 31.9 Å². The molecule has 0 atom stereocenters. The predicted molar refractivity (Wildman–Crippen MR) is 78.8 cm³/mol. The van der Waals surface area contributed by atoms with Crippen LogP contribution in [0.25, 0.3) is 0 Å². The van der Waals surface area contributed by atoms with Crippen molar-refractivity contribution >= 4 is 43.4 Å². The van der Waals surface area contributed by atoms with E-state index < -0.39 is 0 Å². The molecule has 0 spiro atoms. The smallest absolute Gasteiger partial charge is 0.144 e. The molecule has 0 radical (unpaired) electrons. The van der Waals surface area contributed by atoms with E-state index in [-0.39, 0.29) is 0 Å². The second-order valence-electron chi connectivity index (χ2n) is 3.88. The van der Waals surface area contributed by atoms with Gasteiger partial charge < -0.3 is 5.32 Å². The number of anilines is 2. The maximum Gasteiger partial charge on any atom is 0.144 e. The summed E-state index contributed by atoms with van der Waals surface area (Å²) in [7, 11) is 0. The normalized spacial score (nSPS) is 10.4. The fraction of sp³-hybridized carbons (Fsp3) is 0.154. The van der Waals surface area contributed by atoms with Crippen LogP contribution in [0.5, 0.6) is 0 Å². The van der Waals surface area contributed by atoms with E-state index in [1.54, 1.807) is 6.20 Å². The first-order valence-electron chi connectivity index (χ1n) is 5.22. The number of aromatic nitrogens is 1. The highest BCUT2D eigenvalue weighted by molar-refractivity contribution is 9.11. The lowest BCUT2D eigenvalue weighted by Gasteiger charge is -2.10. The standard InChI is InChI=1S/C13H12Br2N2/c1-8-3-4-10(7-11(8)14)17-13-12(15)9(2)5-6-16-13/h3-7H,1-2H3,(H,16,17). The number of hydrogen-bond acceptors (Lipinski definition) is 2. The topological polar surface area (TPSA) is 24.9 Å². The summed E-state index contributed by atoms with van der Waals surface area (Å²) in [5.74, 6) is 0.834. The van der Waals surface area contributed by atoms with Crippen molar-refractivity contribution < 1.29 is 0 Å². The van der Waals surface area contributed by atoms with Crippen LogP contribution in [0.4, 0.5) is 11.5 Å². The minimum Gasteiger partial charge on any atom is -0.339 e. The van der Waals surface area contributed by atoms with Gasteiger partial charge in [-0.15, -0.1) is 0 Å². The van der Waals surface area contributed by atoms with Crippen molar-refractivity contribution in [1.82, 2.24) is 4.98 Å². The lowest BCUT2D eigenvalue weighted by atomic mass is 10.2. The second kappa shape index (κ2) is 5.19. The summed E-state index contributed by atoms with van der Waals surface area (Å²) in [6.07, 6.45) is 1.80. The van der Waals surface area contributed by atoms with Gasteiger partial charge in [0, 0.05) is 16.4 Å². The predicted octanol–water partition coefficient (Wildman–Crippen LogP) is 4.97. The molecule has 88 valence electrons. The number of nitrogens with one attached hydrogen (secondary N) is 1. The monoisotopic (exact) mass is 354 g/mol. The molecule has 1 aromatic carbocycles. The third-order valence-corrected chi connectivity index (χ3v) is 4.37. The van der Waals surface area contributed by atoms with Crippen LogP contribution in [-0.2, 0) is 0 Å². The molecule has 0 saturated carbocycles. The number of nitrogens with zero attached hydrogens (tertiary/aromatic N) is 1. The first kappa shape index (κ1) is 12.6. The molecule has 17 heavy (non-hydrogen) atoms. The summed E-state index contributed by atoms with van der Waals surface area (Å²) in [6.45, 7) is 4.11. The molecular weight excluding hydrogens is 344 g/mol. The molecular formula is C13H12Br2N2. The SMILES string of the molecule is Cc1ccc(Nc2nccc(C)c2Br)cc1Br. The molecule has 4 heteroatoms. The Bertz CT molecular complexity index is 553. The number of aryl methyl sites for hydroxylation is 2. The molecule has 0 fully saturated rings. The zero-order valence-electron chi connectivity index (χ0n) is 9.59. The Morgan fingerprint density at radius 2 is 1.82 bits per heavy atom. The zero-order chi connectivity index (χ0) is 12.4. The highest BCUT2D eigenvalue weighted by Crippen LogP contribution is 2.28. The quantitative estimate of drug-likeness (QED) is 0.822. The molecule has 0 aliphatic rings. The van der Waals surface area contributed by atoms with Gasteiger partial charge in [-0.05, 0) is 59.1 Å². The van der Waals surface area contributed by atoms with Crippen molar-refractivity contribution in [1.29, 1.82) is 0 Å². The lowest BCUT2D eigenvalue weighted by Crippen LogP contribution is -1.96. The average Bonchev–Trinajstić information content (AvgIpc) is 2.30. The van der Waals surface area contributed by atoms with Gasteiger partial charge >= 0.3 is 0 Å². The Hall–Kier alpha value is -0.870. The molecule has 0 amide bonds. The van der Waals surface area contributed by atoms with Gasteiger partial charge in [-0.3, -0.25) is 0 Å². The van der Waals surface area contributed by atoms with Gasteiger partial charge in [-0.25, -0.2) is 4.98 Å². The van der Waals surface area contributed by atoms with Crippen LogP contribution in [0.15, 0.2) is 39.4 Å². The number of hydrogen-bond donors (Lipinski definition) is 1. The van der Waals surface area contributed by atoms with E-state index in [0.717, 1.165) is 26.0 Å². The molecule has 2 nitrogen and oxygen atoms in total. The first-order chi connectivity index (χ1) is 8.08. The Balaban J connectivity index is 2.31. The van der Waals surface area contributed by atoms with E-state index in [2.05, 4.69) is 55.2 Å².